The molecule has 0 saturated carbocycles. The molecule has 1 amide bonds. The minimum atomic E-state index is -0.473. The number of aromatic nitrogens is 2. The van der Waals surface area contributed by atoms with Crippen LogP contribution in [0.1, 0.15) is 38.9 Å². The summed E-state index contributed by atoms with van der Waals surface area (Å²) in [7, 11) is 3.14. The smallest absolute Gasteiger partial charge is 0.275 e. The molecule has 3 rings (SSSR count). The lowest BCUT2D eigenvalue weighted by atomic mass is 9.98. The Morgan fingerprint density at radius 3 is 2.62 bits per heavy atom. The Morgan fingerprint density at radius 2 is 2.00 bits per heavy atom. The molecule has 1 aromatic heterocycles. The van der Waals surface area contributed by atoms with Gasteiger partial charge < -0.3 is 19.1 Å². The topological polar surface area (TPSA) is 67.5 Å². The Bertz CT molecular complexity index is 728. The summed E-state index contributed by atoms with van der Waals surface area (Å²) in [4.78, 5) is 14.5. The van der Waals surface area contributed by atoms with Gasteiger partial charge in [-0.05, 0) is 19.4 Å². The van der Waals surface area contributed by atoms with E-state index in [1.807, 2.05) is 32.0 Å². The van der Waals surface area contributed by atoms with Gasteiger partial charge in [0.25, 0.3) is 5.91 Å². The molecule has 2 heterocycles. The molecule has 2 aromatic rings. The Labute approximate surface area is 140 Å². The van der Waals surface area contributed by atoms with Crippen molar-refractivity contribution in [1.82, 2.24) is 15.1 Å². The van der Waals surface area contributed by atoms with Gasteiger partial charge in [0, 0.05) is 25.5 Å². The lowest BCUT2D eigenvalue weighted by Crippen LogP contribution is -3.00. The normalized spacial score (nSPS) is 16.5. The molecule has 0 radical (unpaired) electrons. The molecule has 0 bridgehead atoms. The first-order chi connectivity index (χ1) is 11.1. The van der Waals surface area contributed by atoms with Gasteiger partial charge in [-0.3, -0.25) is 9.89 Å². The van der Waals surface area contributed by atoms with Crippen molar-refractivity contribution in [2.45, 2.75) is 26.2 Å². The summed E-state index contributed by atoms with van der Waals surface area (Å²) in [6.45, 7) is 4.33. The number of methoxy groups -OCH3 is 2. The van der Waals surface area contributed by atoms with E-state index in [9.17, 15) is 4.79 Å². The highest BCUT2D eigenvalue weighted by Gasteiger charge is 2.42. The van der Waals surface area contributed by atoms with Crippen LogP contribution in [0.5, 0.6) is 0 Å². The molecule has 0 saturated heterocycles. The number of benzene rings is 1. The molecule has 0 fully saturated rings. The van der Waals surface area contributed by atoms with E-state index in [0.717, 1.165) is 22.4 Å². The lowest BCUT2D eigenvalue weighted by Gasteiger charge is -2.29. The van der Waals surface area contributed by atoms with Crippen LogP contribution in [0.4, 0.5) is 0 Å². The summed E-state index contributed by atoms with van der Waals surface area (Å²) in [5, 5.41) is 7.11. The van der Waals surface area contributed by atoms with E-state index in [1.54, 1.807) is 19.1 Å². The molecule has 6 nitrogen and oxygen atoms in total. The first-order valence-electron chi connectivity index (χ1n) is 7.54. The quantitative estimate of drug-likeness (QED) is 0.727. The number of H-pyrrole nitrogens is 1. The number of carbonyl (C=O) groups is 1. The minimum Gasteiger partial charge on any atom is -1.00 e. The highest BCUT2D eigenvalue weighted by Crippen LogP contribution is 2.39. The molecule has 1 unspecified atom stereocenters. The number of hydrogen-bond acceptors (Lipinski definition) is 4. The number of carbonyl (C=O) groups excluding carboxylic acids is 1. The van der Waals surface area contributed by atoms with Crippen LogP contribution in [-0.2, 0) is 9.47 Å². The monoisotopic (exact) mass is 334 g/mol. The van der Waals surface area contributed by atoms with E-state index in [2.05, 4.69) is 16.3 Å². The van der Waals surface area contributed by atoms with E-state index in [1.165, 1.54) is 0 Å². The first kappa shape index (κ1) is 18.1. The number of fused-ring (bicyclic) bond motifs is 1. The predicted molar refractivity (Wildman–Crippen MR) is 85.2 cm³/mol. The second kappa shape index (κ2) is 7.11. The highest BCUT2D eigenvalue weighted by atomic mass is 19.0. The van der Waals surface area contributed by atoms with Gasteiger partial charge in [0.15, 0.2) is 12.0 Å². The molecule has 1 atom stereocenters. The fourth-order valence-corrected chi connectivity index (χ4v) is 3.13. The zero-order valence-corrected chi connectivity index (χ0v) is 14.2. The Balaban J connectivity index is 0.00000208. The number of nitrogens with one attached hydrogen (secondary N) is 1. The number of aromatic amines is 1. The van der Waals surface area contributed by atoms with E-state index in [4.69, 9.17) is 9.47 Å². The standard InChI is InChI=1S/C17H21N3O3.FH/c1-10-6-5-7-12(8-10)16-14-11(2)18-19-15(14)17(21)20(16)9-13(22-3)23-4;/h5-8,13,16H,9H2,1-4H3,(H,18,19);1H/p-1. The average molecular weight is 334 g/mol. The fraction of sp³-hybridized carbons (Fsp3) is 0.412. The number of rotatable bonds is 5. The maximum absolute atomic E-state index is 12.8. The van der Waals surface area contributed by atoms with Crippen molar-refractivity contribution in [2.24, 2.45) is 0 Å². The largest absolute Gasteiger partial charge is 1.00 e. The molecule has 1 N–H and O–H groups in total. The van der Waals surface area contributed by atoms with Crippen molar-refractivity contribution in [2.75, 3.05) is 20.8 Å². The van der Waals surface area contributed by atoms with E-state index >= 15 is 0 Å². The minimum absolute atomic E-state index is 0. The summed E-state index contributed by atoms with van der Waals surface area (Å²) < 4.78 is 10.6. The number of ether oxygens (including phenoxy) is 2. The third-order valence-corrected chi connectivity index (χ3v) is 4.27. The molecule has 130 valence electrons. The maximum Gasteiger partial charge on any atom is 0.275 e. The number of halogens is 1. The second-order valence-corrected chi connectivity index (χ2v) is 5.79. The molecular weight excluding hydrogens is 313 g/mol. The zero-order valence-electron chi connectivity index (χ0n) is 14.2. The molecule has 0 spiro atoms. The molecule has 7 heteroatoms. The van der Waals surface area contributed by atoms with Crippen LogP contribution >= 0.6 is 0 Å². The third-order valence-electron chi connectivity index (χ3n) is 4.27. The first-order valence-corrected chi connectivity index (χ1v) is 7.54. The SMILES string of the molecule is COC(CN1C(=O)c2n[nH]c(C)c2C1c1cccc(C)c1)OC.[F-]. The Morgan fingerprint density at radius 1 is 1.29 bits per heavy atom. The van der Waals surface area contributed by atoms with Crippen molar-refractivity contribution >= 4 is 5.91 Å². The van der Waals surface area contributed by atoms with Crippen LogP contribution < -0.4 is 4.70 Å². The Kier molecular flexibility index (Phi) is 5.36. The number of nitrogens with zero attached hydrogens (tertiary/aromatic N) is 2. The van der Waals surface area contributed by atoms with Gasteiger partial charge in [-0.2, -0.15) is 5.10 Å². The van der Waals surface area contributed by atoms with Gasteiger partial charge in [-0.25, -0.2) is 0 Å². The van der Waals surface area contributed by atoms with Crippen molar-refractivity contribution in [3.05, 3.63) is 52.3 Å². The summed E-state index contributed by atoms with van der Waals surface area (Å²) in [6.07, 6.45) is -0.473. The second-order valence-electron chi connectivity index (χ2n) is 5.79. The van der Waals surface area contributed by atoms with Gasteiger partial charge in [-0.15, -0.1) is 0 Å². The highest BCUT2D eigenvalue weighted by molar-refractivity contribution is 5.98. The summed E-state index contributed by atoms with van der Waals surface area (Å²) >= 11 is 0. The van der Waals surface area contributed by atoms with E-state index in [0.29, 0.717) is 12.2 Å². The molecule has 1 aromatic carbocycles. The van der Waals surface area contributed by atoms with E-state index in [-0.39, 0.29) is 16.7 Å². The van der Waals surface area contributed by atoms with Gasteiger partial charge in [0.1, 0.15) is 0 Å². The van der Waals surface area contributed by atoms with Crippen LogP contribution in [0.25, 0.3) is 0 Å². The lowest BCUT2D eigenvalue weighted by molar-refractivity contribution is -0.113. The van der Waals surface area contributed by atoms with Crippen LogP contribution in [0.15, 0.2) is 24.3 Å². The third kappa shape index (κ3) is 2.92. The number of hydrogen-bond donors (Lipinski definition) is 1. The van der Waals surface area contributed by atoms with Crippen molar-refractivity contribution in [3.63, 3.8) is 0 Å². The summed E-state index contributed by atoms with van der Waals surface area (Å²) in [5.74, 6) is -0.102. The number of amides is 1. The van der Waals surface area contributed by atoms with Crippen LogP contribution in [0.2, 0.25) is 0 Å². The maximum atomic E-state index is 12.8. The summed E-state index contributed by atoms with van der Waals surface area (Å²) in [5.41, 5.74) is 4.55. The summed E-state index contributed by atoms with van der Waals surface area (Å²) in [6, 6.07) is 8.00. The molecule has 0 aliphatic carbocycles. The van der Waals surface area contributed by atoms with Gasteiger partial charge in [0.05, 0.1) is 12.6 Å². The Hall–Kier alpha value is -2.25. The van der Waals surface area contributed by atoms with E-state index < -0.39 is 6.29 Å². The average Bonchev–Trinajstić information content (AvgIpc) is 3.04. The molecular formula is C17H21FN3O3-. The fourth-order valence-electron chi connectivity index (χ4n) is 3.13. The van der Waals surface area contributed by atoms with Crippen molar-refractivity contribution < 1.29 is 19.0 Å². The van der Waals surface area contributed by atoms with Gasteiger partial charge in [-0.1, -0.05) is 29.8 Å². The van der Waals surface area contributed by atoms with Gasteiger partial charge >= 0.3 is 0 Å². The van der Waals surface area contributed by atoms with Crippen LogP contribution in [-0.4, -0.2) is 48.1 Å². The van der Waals surface area contributed by atoms with Crippen LogP contribution in [0.3, 0.4) is 0 Å². The molecule has 1 aliphatic rings. The number of aryl methyl sites for hydroxylation is 2. The van der Waals surface area contributed by atoms with Crippen LogP contribution in [0, 0.1) is 13.8 Å². The van der Waals surface area contributed by atoms with Gasteiger partial charge in [0.2, 0.25) is 0 Å². The van der Waals surface area contributed by atoms with Crippen molar-refractivity contribution in [3.8, 4) is 0 Å². The van der Waals surface area contributed by atoms with Crippen molar-refractivity contribution in [1.29, 1.82) is 0 Å². The molecule has 1 aliphatic heterocycles. The molecule has 24 heavy (non-hydrogen) atoms. The predicted octanol–water partition coefficient (Wildman–Crippen LogP) is -0.805. The zero-order chi connectivity index (χ0) is 16.6.